The maximum absolute atomic E-state index is 12.9. The van der Waals surface area contributed by atoms with Crippen LogP contribution in [0.25, 0.3) is 0 Å². The van der Waals surface area contributed by atoms with E-state index < -0.39 is 4.75 Å². The second kappa shape index (κ2) is 21.3. The Hall–Kier alpha value is -0.420. The van der Waals surface area contributed by atoms with E-state index in [4.69, 9.17) is 33.9 Å². The van der Waals surface area contributed by atoms with Crippen LogP contribution in [0.1, 0.15) is 95.9 Å². The minimum atomic E-state index is -0.603. The zero-order valence-electron chi connectivity index (χ0n) is 28.3. The standard InChI is InChI=1S/C23H43NO3S2.C8H17NOS2/c1-11-24(12-2)20(28)29-23(10,16-25)14-13-15-27-19(26)18(22(7,8)9)17(3)21(4,5)6;1-4-9(5-2)8(11)12-7-6-10-3/h16-18H,11-15H2,1-10H3;4-7H2,1-3H3. The van der Waals surface area contributed by atoms with E-state index in [0.29, 0.717) is 19.4 Å². The number of carbonyl (C=O) groups excluding carboxylic acids is 2. The highest BCUT2D eigenvalue weighted by molar-refractivity contribution is 8.24. The Balaban J connectivity index is 0. The number of thioether (sulfide) groups is 2. The average Bonchev–Trinajstić information content (AvgIpc) is 2.87. The Bertz CT molecular complexity index is 775. The lowest BCUT2D eigenvalue weighted by Crippen LogP contribution is -2.40. The fraction of sp³-hybridized carbons (Fsp3) is 0.871. The van der Waals surface area contributed by atoms with Crippen molar-refractivity contribution in [1.82, 2.24) is 9.80 Å². The van der Waals surface area contributed by atoms with Gasteiger partial charge in [0.1, 0.15) is 14.9 Å². The second-order valence-corrected chi connectivity index (χ2v) is 16.4. The molecule has 0 aromatic rings. The van der Waals surface area contributed by atoms with Crippen LogP contribution in [0, 0.1) is 22.7 Å². The molecule has 3 atom stereocenters. The van der Waals surface area contributed by atoms with E-state index >= 15 is 0 Å². The highest BCUT2D eigenvalue weighted by Crippen LogP contribution is 2.42. The molecule has 0 rings (SSSR count). The van der Waals surface area contributed by atoms with Gasteiger partial charge in [-0.2, -0.15) is 0 Å². The molecule has 6 nitrogen and oxygen atoms in total. The molecule has 41 heavy (non-hydrogen) atoms. The number of methoxy groups -OCH3 is 1. The summed E-state index contributed by atoms with van der Waals surface area (Å²) in [5.41, 5.74) is -0.156. The Morgan fingerprint density at radius 2 is 1.34 bits per heavy atom. The van der Waals surface area contributed by atoms with Gasteiger partial charge in [0, 0.05) is 39.0 Å². The van der Waals surface area contributed by atoms with Gasteiger partial charge in [-0.3, -0.25) is 4.79 Å². The second-order valence-electron chi connectivity index (χ2n) is 12.5. The molecule has 0 aliphatic heterocycles. The summed E-state index contributed by atoms with van der Waals surface area (Å²) in [5.74, 6) is 0.826. The third-order valence-electron chi connectivity index (χ3n) is 7.24. The molecule has 0 saturated heterocycles. The number of nitrogens with zero attached hydrogens (tertiary/aromatic N) is 2. The van der Waals surface area contributed by atoms with Crippen LogP contribution >= 0.6 is 48.0 Å². The van der Waals surface area contributed by atoms with Crippen molar-refractivity contribution in [2.45, 2.75) is 101 Å². The predicted octanol–water partition coefficient (Wildman–Crippen LogP) is 7.96. The van der Waals surface area contributed by atoms with Gasteiger partial charge in [0.05, 0.1) is 23.9 Å². The molecule has 0 heterocycles. The van der Waals surface area contributed by atoms with Gasteiger partial charge >= 0.3 is 5.97 Å². The average molecular weight is 653 g/mol. The van der Waals surface area contributed by atoms with Crippen molar-refractivity contribution in [1.29, 1.82) is 0 Å². The molecule has 0 N–H and O–H groups in total. The van der Waals surface area contributed by atoms with E-state index in [2.05, 4.69) is 86.0 Å². The maximum atomic E-state index is 12.9. The van der Waals surface area contributed by atoms with E-state index in [1.165, 1.54) is 11.8 Å². The SMILES string of the molecule is CCN(CC)C(=S)SC(C)(C=O)CCCOC(=O)C(C(C)C(C)(C)C)C(C)(C)C.CCN(CC)C(=S)SCCOC. The van der Waals surface area contributed by atoms with Gasteiger partial charge < -0.3 is 24.1 Å². The van der Waals surface area contributed by atoms with Gasteiger partial charge in [0.15, 0.2) is 0 Å². The molecule has 10 heteroatoms. The Morgan fingerprint density at radius 1 is 0.854 bits per heavy atom. The molecule has 0 saturated carbocycles. The Morgan fingerprint density at radius 3 is 1.73 bits per heavy atom. The van der Waals surface area contributed by atoms with Gasteiger partial charge in [-0.1, -0.05) is 96.4 Å². The van der Waals surface area contributed by atoms with Gasteiger partial charge in [-0.15, -0.1) is 0 Å². The van der Waals surface area contributed by atoms with Crippen molar-refractivity contribution in [3.05, 3.63) is 0 Å². The Labute approximate surface area is 272 Å². The summed E-state index contributed by atoms with van der Waals surface area (Å²) in [6.07, 6.45) is 2.22. The van der Waals surface area contributed by atoms with Crippen LogP contribution in [-0.2, 0) is 19.1 Å². The first-order chi connectivity index (χ1) is 18.9. The van der Waals surface area contributed by atoms with Crippen molar-refractivity contribution in [2.75, 3.05) is 52.3 Å². The number of hydrogen-bond donors (Lipinski definition) is 0. The van der Waals surface area contributed by atoms with Gasteiger partial charge in [-0.25, -0.2) is 0 Å². The van der Waals surface area contributed by atoms with Crippen LogP contribution < -0.4 is 0 Å². The van der Waals surface area contributed by atoms with Crippen LogP contribution in [-0.4, -0.2) is 87.7 Å². The normalized spacial score (nSPS) is 14.6. The summed E-state index contributed by atoms with van der Waals surface area (Å²) >= 11 is 13.8. The highest BCUT2D eigenvalue weighted by Gasteiger charge is 2.41. The van der Waals surface area contributed by atoms with E-state index in [-0.39, 0.29) is 28.6 Å². The number of rotatable bonds is 15. The first-order valence-electron chi connectivity index (χ1n) is 14.9. The molecule has 0 aliphatic rings. The fourth-order valence-corrected chi connectivity index (χ4v) is 7.44. The molecule has 0 aromatic carbocycles. The monoisotopic (exact) mass is 652 g/mol. The van der Waals surface area contributed by atoms with Crippen LogP contribution in [0.2, 0.25) is 0 Å². The zero-order chi connectivity index (χ0) is 32.4. The molecule has 0 radical (unpaired) electrons. The molecule has 3 unspecified atom stereocenters. The molecule has 0 fully saturated rings. The van der Waals surface area contributed by atoms with Gasteiger partial charge in [0.25, 0.3) is 0 Å². The largest absolute Gasteiger partial charge is 0.465 e. The van der Waals surface area contributed by atoms with E-state index in [9.17, 15) is 9.59 Å². The molecule has 242 valence electrons. The lowest BCUT2D eigenvalue weighted by Gasteiger charge is -2.40. The van der Waals surface area contributed by atoms with Crippen molar-refractivity contribution in [3.63, 3.8) is 0 Å². The van der Waals surface area contributed by atoms with Crippen LogP contribution in [0.5, 0.6) is 0 Å². The molecule has 0 spiro atoms. The topological polar surface area (TPSA) is 59.1 Å². The molecule has 0 aliphatic carbocycles. The molecular weight excluding hydrogens is 593 g/mol. The highest BCUT2D eigenvalue weighted by atomic mass is 32.2. The summed E-state index contributed by atoms with van der Waals surface area (Å²) in [5, 5.41) is 0. The van der Waals surface area contributed by atoms with Crippen molar-refractivity contribution in [3.8, 4) is 0 Å². The fourth-order valence-electron chi connectivity index (χ4n) is 4.16. The first-order valence-corrected chi connectivity index (χ1v) is 17.5. The quantitative estimate of drug-likeness (QED) is 0.0754. The number of carbonyl (C=O) groups is 2. The summed E-state index contributed by atoms with van der Waals surface area (Å²) in [7, 11) is 1.71. The lowest BCUT2D eigenvalue weighted by atomic mass is 9.65. The molecular formula is C31H60N2O4S4. The smallest absolute Gasteiger partial charge is 0.309 e. The van der Waals surface area contributed by atoms with E-state index in [0.717, 1.165) is 53.5 Å². The van der Waals surface area contributed by atoms with Crippen LogP contribution in [0.4, 0.5) is 0 Å². The third-order valence-corrected chi connectivity index (χ3v) is 10.4. The lowest BCUT2D eigenvalue weighted by molar-refractivity contribution is -0.157. The van der Waals surface area contributed by atoms with Crippen molar-refractivity contribution in [2.24, 2.45) is 22.7 Å². The summed E-state index contributed by atoms with van der Waals surface area (Å²) in [6, 6.07) is 0. The van der Waals surface area contributed by atoms with Gasteiger partial charge in [0.2, 0.25) is 0 Å². The number of hydrogen-bond acceptors (Lipinski definition) is 8. The van der Waals surface area contributed by atoms with Crippen LogP contribution in [0.3, 0.4) is 0 Å². The van der Waals surface area contributed by atoms with Crippen LogP contribution in [0.15, 0.2) is 0 Å². The van der Waals surface area contributed by atoms with Gasteiger partial charge in [-0.05, 0) is 64.2 Å². The molecule has 0 amide bonds. The van der Waals surface area contributed by atoms with E-state index in [1.54, 1.807) is 18.9 Å². The van der Waals surface area contributed by atoms with Crippen molar-refractivity contribution < 1.29 is 19.1 Å². The molecule has 0 aromatic heterocycles. The number of ether oxygens (including phenoxy) is 2. The number of esters is 1. The Kier molecular flexibility index (Phi) is 22.2. The summed E-state index contributed by atoms with van der Waals surface area (Å²) in [6.45, 7) is 29.9. The van der Waals surface area contributed by atoms with E-state index in [1.807, 2.05) is 6.92 Å². The molecule has 0 bridgehead atoms. The third kappa shape index (κ3) is 17.5. The zero-order valence-corrected chi connectivity index (χ0v) is 31.5. The number of thiocarbonyl (C=S) groups is 2. The maximum Gasteiger partial charge on any atom is 0.309 e. The predicted molar refractivity (Wildman–Crippen MR) is 189 cm³/mol. The minimum Gasteiger partial charge on any atom is -0.465 e. The summed E-state index contributed by atoms with van der Waals surface area (Å²) < 4.78 is 11.7. The first kappa shape index (κ1) is 42.7. The van der Waals surface area contributed by atoms with Crippen molar-refractivity contribution >= 4 is 68.9 Å². The number of aldehydes is 1. The summed E-state index contributed by atoms with van der Waals surface area (Å²) in [4.78, 5) is 28.9. The minimum absolute atomic E-state index is 0.0177.